The minimum Gasteiger partial charge on any atom is -0.342 e. The molecule has 3 aromatic rings. The van der Waals surface area contributed by atoms with Crippen molar-refractivity contribution in [2.24, 2.45) is 0 Å². The Balaban J connectivity index is 1.98. The van der Waals surface area contributed by atoms with Gasteiger partial charge in [0.2, 0.25) is 0 Å². The van der Waals surface area contributed by atoms with Gasteiger partial charge in [-0.1, -0.05) is 25.5 Å². The molecule has 0 aliphatic rings. The van der Waals surface area contributed by atoms with Crippen LogP contribution in [0, 0.1) is 0 Å². The molecule has 22 heavy (non-hydrogen) atoms. The van der Waals surface area contributed by atoms with Gasteiger partial charge in [0.25, 0.3) is 5.91 Å². The molecule has 4 nitrogen and oxygen atoms in total. The van der Waals surface area contributed by atoms with Gasteiger partial charge in [0.1, 0.15) is 0 Å². The van der Waals surface area contributed by atoms with E-state index in [2.05, 4.69) is 16.9 Å². The topological polar surface area (TPSA) is 46.1 Å². The average molecular weight is 293 g/mol. The van der Waals surface area contributed by atoms with Crippen molar-refractivity contribution >= 4 is 28.0 Å². The zero-order chi connectivity index (χ0) is 15.5. The molecule has 4 heteroatoms. The monoisotopic (exact) mass is 293 g/mol. The number of aromatic nitrogens is 2. The lowest BCUT2D eigenvalue weighted by atomic mass is 10.1. The van der Waals surface area contributed by atoms with Crippen molar-refractivity contribution in [3.05, 3.63) is 48.0 Å². The summed E-state index contributed by atoms with van der Waals surface area (Å²) in [5, 5.41) is 0. The Bertz CT molecular complexity index is 829. The smallest absolute Gasteiger partial charge is 0.253 e. The molecule has 0 aliphatic heterocycles. The number of benzene rings is 2. The van der Waals surface area contributed by atoms with E-state index in [1.165, 1.54) is 0 Å². The number of fused-ring (bicyclic) bond motifs is 2. The molecule has 0 aliphatic carbocycles. The Kier molecular flexibility index (Phi) is 4.00. The summed E-state index contributed by atoms with van der Waals surface area (Å²) in [5.74, 6) is 0.0327. The van der Waals surface area contributed by atoms with E-state index in [0.717, 1.165) is 41.5 Å². The maximum atomic E-state index is 12.4. The first-order valence-electron chi connectivity index (χ1n) is 7.61. The molecule has 2 aromatic carbocycles. The van der Waals surface area contributed by atoms with E-state index in [9.17, 15) is 4.79 Å². The van der Waals surface area contributed by atoms with Gasteiger partial charge in [-0.3, -0.25) is 4.79 Å². The summed E-state index contributed by atoms with van der Waals surface area (Å²) in [6.45, 7) is 2.89. The number of carbonyl (C=O) groups excluding carboxylic acids is 1. The van der Waals surface area contributed by atoms with Gasteiger partial charge in [0.05, 0.1) is 22.1 Å². The minimum absolute atomic E-state index is 0.0327. The number of hydrogen-bond donors (Lipinski definition) is 0. The van der Waals surface area contributed by atoms with E-state index in [-0.39, 0.29) is 5.91 Å². The molecule has 3 rings (SSSR count). The van der Waals surface area contributed by atoms with Crippen LogP contribution in [0.1, 0.15) is 30.1 Å². The largest absolute Gasteiger partial charge is 0.342 e. The predicted molar refractivity (Wildman–Crippen MR) is 88.9 cm³/mol. The lowest BCUT2D eigenvalue weighted by molar-refractivity contribution is 0.0793. The normalized spacial score (nSPS) is 11.0. The second kappa shape index (κ2) is 6.10. The molecular weight excluding hydrogens is 274 g/mol. The SMILES string of the molecule is CCCCN(C)C(=O)c1ccc2nc3ccccc3nc2c1. The van der Waals surface area contributed by atoms with Crippen LogP contribution in [0.3, 0.4) is 0 Å². The molecular formula is C18H19N3O. The minimum atomic E-state index is 0.0327. The van der Waals surface area contributed by atoms with Crippen molar-refractivity contribution in [1.29, 1.82) is 0 Å². The maximum absolute atomic E-state index is 12.4. The predicted octanol–water partition coefficient (Wildman–Crippen LogP) is 3.66. The van der Waals surface area contributed by atoms with Crippen molar-refractivity contribution in [3.63, 3.8) is 0 Å². The van der Waals surface area contributed by atoms with Crippen LogP contribution in [0.4, 0.5) is 0 Å². The van der Waals surface area contributed by atoms with Gasteiger partial charge in [-0.05, 0) is 36.8 Å². The molecule has 1 heterocycles. The van der Waals surface area contributed by atoms with Crippen LogP contribution < -0.4 is 0 Å². The Hall–Kier alpha value is -2.49. The highest BCUT2D eigenvalue weighted by molar-refractivity contribution is 5.98. The summed E-state index contributed by atoms with van der Waals surface area (Å²) in [7, 11) is 1.84. The number of unbranched alkanes of at least 4 members (excludes halogenated alkanes) is 1. The number of rotatable bonds is 4. The summed E-state index contributed by atoms with van der Waals surface area (Å²) in [6, 6.07) is 13.3. The fraction of sp³-hybridized carbons (Fsp3) is 0.278. The summed E-state index contributed by atoms with van der Waals surface area (Å²) in [4.78, 5) is 23.4. The average Bonchev–Trinajstić information content (AvgIpc) is 2.56. The zero-order valence-corrected chi connectivity index (χ0v) is 12.9. The number of carbonyl (C=O) groups is 1. The highest BCUT2D eigenvalue weighted by Crippen LogP contribution is 2.18. The second-order valence-corrected chi connectivity index (χ2v) is 5.50. The van der Waals surface area contributed by atoms with E-state index < -0.39 is 0 Å². The first-order valence-corrected chi connectivity index (χ1v) is 7.61. The number of nitrogens with zero attached hydrogens (tertiary/aromatic N) is 3. The van der Waals surface area contributed by atoms with Gasteiger partial charge in [-0.15, -0.1) is 0 Å². The van der Waals surface area contributed by atoms with Crippen LogP contribution in [0.15, 0.2) is 42.5 Å². The molecule has 112 valence electrons. The van der Waals surface area contributed by atoms with Crippen LogP contribution >= 0.6 is 0 Å². The van der Waals surface area contributed by atoms with Crippen molar-refractivity contribution in [2.45, 2.75) is 19.8 Å². The van der Waals surface area contributed by atoms with E-state index in [0.29, 0.717) is 5.56 Å². The fourth-order valence-corrected chi connectivity index (χ4v) is 2.47. The molecule has 0 atom stereocenters. The van der Waals surface area contributed by atoms with Gasteiger partial charge in [0, 0.05) is 19.2 Å². The van der Waals surface area contributed by atoms with Gasteiger partial charge in [-0.2, -0.15) is 0 Å². The number of hydrogen-bond acceptors (Lipinski definition) is 3. The molecule has 1 aromatic heterocycles. The molecule has 0 bridgehead atoms. The van der Waals surface area contributed by atoms with Gasteiger partial charge < -0.3 is 4.90 Å². The third kappa shape index (κ3) is 2.77. The molecule has 0 radical (unpaired) electrons. The Morgan fingerprint density at radius 2 is 1.64 bits per heavy atom. The second-order valence-electron chi connectivity index (χ2n) is 5.50. The fourth-order valence-electron chi connectivity index (χ4n) is 2.47. The molecule has 1 amide bonds. The first-order chi connectivity index (χ1) is 10.7. The van der Waals surface area contributed by atoms with Crippen LogP contribution in [0.25, 0.3) is 22.1 Å². The summed E-state index contributed by atoms with van der Waals surface area (Å²) in [6.07, 6.45) is 2.09. The third-order valence-electron chi connectivity index (χ3n) is 3.78. The summed E-state index contributed by atoms with van der Waals surface area (Å²) >= 11 is 0. The third-order valence-corrected chi connectivity index (χ3v) is 3.78. The Labute approximate surface area is 129 Å². The number of para-hydroxylation sites is 2. The molecule has 0 saturated heterocycles. The van der Waals surface area contributed by atoms with Crippen molar-refractivity contribution in [3.8, 4) is 0 Å². The standard InChI is InChI=1S/C18H19N3O/c1-3-4-11-21(2)18(22)13-9-10-16-17(12-13)20-15-8-6-5-7-14(15)19-16/h5-10,12H,3-4,11H2,1-2H3. The van der Waals surface area contributed by atoms with E-state index in [1.54, 1.807) is 4.90 Å². The summed E-state index contributed by atoms with van der Waals surface area (Å²) < 4.78 is 0. The number of amides is 1. The molecule has 0 N–H and O–H groups in total. The van der Waals surface area contributed by atoms with Gasteiger partial charge >= 0.3 is 0 Å². The van der Waals surface area contributed by atoms with Crippen molar-refractivity contribution in [1.82, 2.24) is 14.9 Å². The molecule has 0 fully saturated rings. The molecule has 0 saturated carbocycles. The van der Waals surface area contributed by atoms with Crippen LogP contribution in [0.2, 0.25) is 0 Å². The van der Waals surface area contributed by atoms with Crippen molar-refractivity contribution < 1.29 is 4.79 Å². The first kappa shape index (κ1) is 14.4. The van der Waals surface area contributed by atoms with Crippen molar-refractivity contribution in [2.75, 3.05) is 13.6 Å². The van der Waals surface area contributed by atoms with Crippen LogP contribution in [-0.2, 0) is 0 Å². The maximum Gasteiger partial charge on any atom is 0.253 e. The molecule has 0 unspecified atom stereocenters. The molecule has 0 spiro atoms. The van der Waals surface area contributed by atoms with Crippen LogP contribution in [-0.4, -0.2) is 34.4 Å². The highest BCUT2D eigenvalue weighted by Gasteiger charge is 2.12. The lowest BCUT2D eigenvalue weighted by Crippen LogP contribution is -2.27. The summed E-state index contributed by atoms with van der Waals surface area (Å²) in [5.41, 5.74) is 3.95. The lowest BCUT2D eigenvalue weighted by Gasteiger charge is -2.16. The van der Waals surface area contributed by atoms with E-state index in [4.69, 9.17) is 0 Å². The highest BCUT2D eigenvalue weighted by atomic mass is 16.2. The quantitative estimate of drug-likeness (QED) is 0.690. The Morgan fingerprint density at radius 1 is 1.00 bits per heavy atom. The van der Waals surface area contributed by atoms with Crippen LogP contribution in [0.5, 0.6) is 0 Å². The van der Waals surface area contributed by atoms with E-state index in [1.807, 2.05) is 49.5 Å². The van der Waals surface area contributed by atoms with E-state index >= 15 is 0 Å². The van der Waals surface area contributed by atoms with Gasteiger partial charge in [-0.25, -0.2) is 9.97 Å². The van der Waals surface area contributed by atoms with Gasteiger partial charge in [0.15, 0.2) is 0 Å². The zero-order valence-electron chi connectivity index (χ0n) is 12.9. The Morgan fingerprint density at radius 3 is 2.32 bits per heavy atom.